The highest BCUT2D eigenvalue weighted by Gasteiger charge is 2.34. The average molecular weight is 497 g/mol. The van der Waals surface area contributed by atoms with Crippen molar-refractivity contribution in [2.75, 3.05) is 39.3 Å². The number of carbonyl (C=O) groups excluding carboxylic acids is 1. The highest BCUT2D eigenvalue weighted by atomic mass is 32.2. The number of likely N-dealkylation sites (N-methyl/N-ethyl adjacent to an activating group) is 1. The van der Waals surface area contributed by atoms with Gasteiger partial charge in [-0.15, -0.1) is 0 Å². The Morgan fingerprint density at radius 3 is 2.80 bits per heavy atom. The number of carbonyl (C=O) groups is 1. The van der Waals surface area contributed by atoms with E-state index in [4.69, 9.17) is 14.5 Å². The summed E-state index contributed by atoms with van der Waals surface area (Å²) in [6, 6.07) is 10.00. The first-order valence-electron chi connectivity index (χ1n) is 11.2. The molecule has 0 bridgehead atoms. The summed E-state index contributed by atoms with van der Waals surface area (Å²) in [6.45, 7) is 0.633. The molecule has 1 amide bonds. The van der Waals surface area contributed by atoms with E-state index >= 15 is 0 Å². The second-order valence-corrected chi connectivity index (χ2v) is 10.1. The Kier molecular flexibility index (Phi) is 6.24. The van der Waals surface area contributed by atoms with E-state index in [1.165, 1.54) is 24.1 Å². The standard InChI is InChI=1S/C25H25FN4O4S/c1-29(2)23(31)12-34-17-6-4-15-8-9-30(21(15)11-17)25-19-13-35(32)14-20(19)27-24(28-25)18-7-5-16(26)10-22(18)33-3/h4-7,10-11H,8-9,12-14H2,1-3H3. The maximum atomic E-state index is 13.8. The van der Waals surface area contributed by atoms with Gasteiger partial charge in [-0.1, -0.05) is 6.07 Å². The van der Waals surface area contributed by atoms with Crippen molar-refractivity contribution in [2.24, 2.45) is 0 Å². The normalized spacial score (nSPS) is 16.1. The molecule has 0 saturated heterocycles. The Morgan fingerprint density at radius 1 is 1.20 bits per heavy atom. The topological polar surface area (TPSA) is 90.9 Å². The van der Waals surface area contributed by atoms with Crippen LogP contribution in [-0.2, 0) is 33.9 Å². The fraction of sp³-hybridized carbons (Fsp3) is 0.320. The molecule has 0 spiro atoms. The minimum atomic E-state index is -1.07. The zero-order valence-electron chi connectivity index (χ0n) is 19.7. The molecule has 3 aromatic rings. The summed E-state index contributed by atoms with van der Waals surface area (Å²) < 4.78 is 37.4. The largest absolute Gasteiger partial charge is 0.616 e. The Bertz CT molecular complexity index is 1300. The molecule has 2 aliphatic heterocycles. The van der Waals surface area contributed by atoms with Crippen LogP contribution in [-0.4, -0.2) is 59.7 Å². The summed E-state index contributed by atoms with van der Waals surface area (Å²) >= 11 is -1.07. The fourth-order valence-corrected chi connectivity index (χ4v) is 5.55. The van der Waals surface area contributed by atoms with Gasteiger partial charge in [0.2, 0.25) is 0 Å². The molecule has 2 aromatic carbocycles. The van der Waals surface area contributed by atoms with Crippen LogP contribution in [0.25, 0.3) is 11.4 Å². The Morgan fingerprint density at radius 2 is 2.03 bits per heavy atom. The lowest BCUT2D eigenvalue weighted by atomic mass is 10.1. The minimum absolute atomic E-state index is 0.0534. The second kappa shape index (κ2) is 9.35. The summed E-state index contributed by atoms with van der Waals surface area (Å²) in [5, 5.41) is 0. The number of hydrogen-bond donors (Lipinski definition) is 0. The van der Waals surface area contributed by atoms with Crippen molar-refractivity contribution >= 4 is 28.6 Å². The number of halogens is 1. The first kappa shape index (κ1) is 23.4. The van der Waals surface area contributed by atoms with E-state index in [1.807, 2.05) is 18.2 Å². The summed E-state index contributed by atoms with van der Waals surface area (Å²) in [5.41, 5.74) is 4.20. The Labute approximate surface area is 205 Å². The third kappa shape index (κ3) is 4.51. The van der Waals surface area contributed by atoms with E-state index in [-0.39, 0.29) is 12.5 Å². The number of anilines is 2. The quantitative estimate of drug-likeness (QED) is 0.484. The van der Waals surface area contributed by atoms with Gasteiger partial charge in [0.1, 0.15) is 40.3 Å². The van der Waals surface area contributed by atoms with Crippen molar-refractivity contribution in [3.63, 3.8) is 0 Å². The lowest BCUT2D eigenvalue weighted by Crippen LogP contribution is -2.27. The third-order valence-electron chi connectivity index (χ3n) is 6.15. The molecule has 0 radical (unpaired) electrons. The number of benzene rings is 2. The first-order chi connectivity index (χ1) is 16.8. The maximum Gasteiger partial charge on any atom is 0.259 e. The Hall–Kier alpha value is -3.37. The average Bonchev–Trinajstić information content (AvgIpc) is 3.43. The minimum Gasteiger partial charge on any atom is -0.616 e. The van der Waals surface area contributed by atoms with Crippen molar-refractivity contribution in [1.29, 1.82) is 0 Å². The lowest BCUT2D eigenvalue weighted by molar-refractivity contribution is -0.130. The summed E-state index contributed by atoms with van der Waals surface area (Å²) in [5.74, 6) is 2.18. The van der Waals surface area contributed by atoms with Gasteiger partial charge in [0, 0.05) is 38.5 Å². The smallest absolute Gasteiger partial charge is 0.259 e. The van der Waals surface area contributed by atoms with E-state index in [2.05, 4.69) is 9.88 Å². The molecule has 8 nitrogen and oxygen atoms in total. The number of rotatable bonds is 6. The van der Waals surface area contributed by atoms with E-state index < -0.39 is 17.0 Å². The second-order valence-electron chi connectivity index (χ2n) is 8.64. The zero-order chi connectivity index (χ0) is 24.7. The van der Waals surface area contributed by atoms with Crippen LogP contribution in [0, 0.1) is 5.82 Å². The molecule has 1 aromatic heterocycles. The monoisotopic (exact) mass is 496 g/mol. The first-order valence-corrected chi connectivity index (χ1v) is 12.6. The third-order valence-corrected chi connectivity index (χ3v) is 7.35. The van der Waals surface area contributed by atoms with E-state index in [0.717, 1.165) is 28.9 Å². The van der Waals surface area contributed by atoms with E-state index in [9.17, 15) is 13.7 Å². The summed E-state index contributed by atoms with van der Waals surface area (Å²) in [6.07, 6.45) is 0.809. The fourth-order valence-electron chi connectivity index (χ4n) is 4.29. The molecule has 182 valence electrons. The number of methoxy groups -OCH3 is 1. The highest BCUT2D eigenvalue weighted by molar-refractivity contribution is 7.90. The number of aromatic nitrogens is 2. The predicted molar refractivity (Wildman–Crippen MR) is 131 cm³/mol. The Balaban J connectivity index is 1.55. The molecule has 3 heterocycles. The molecule has 0 saturated carbocycles. The van der Waals surface area contributed by atoms with Gasteiger partial charge in [-0.2, -0.15) is 0 Å². The molecule has 2 aliphatic rings. The van der Waals surface area contributed by atoms with Gasteiger partial charge in [0.05, 0.1) is 18.2 Å². The van der Waals surface area contributed by atoms with Crippen LogP contribution in [0.3, 0.4) is 0 Å². The molecule has 0 N–H and O–H groups in total. The molecule has 5 rings (SSSR count). The van der Waals surface area contributed by atoms with Crippen LogP contribution in [0.4, 0.5) is 15.9 Å². The van der Waals surface area contributed by atoms with Crippen LogP contribution in [0.15, 0.2) is 36.4 Å². The van der Waals surface area contributed by atoms with Crippen LogP contribution in [0.5, 0.6) is 11.5 Å². The van der Waals surface area contributed by atoms with Gasteiger partial charge < -0.3 is 23.8 Å². The zero-order valence-corrected chi connectivity index (χ0v) is 20.5. The predicted octanol–water partition coefficient (Wildman–Crippen LogP) is 3.21. The summed E-state index contributed by atoms with van der Waals surface area (Å²) in [4.78, 5) is 25.1. The van der Waals surface area contributed by atoms with Crippen LogP contribution < -0.4 is 14.4 Å². The van der Waals surface area contributed by atoms with Gasteiger partial charge in [0.25, 0.3) is 5.91 Å². The van der Waals surface area contributed by atoms with Crippen molar-refractivity contribution in [1.82, 2.24) is 14.9 Å². The molecule has 10 heteroatoms. The number of nitrogens with zero attached hydrogens (tertiary/aromatic N) is 4. The maximum absolute atomic E-state index is 13.8. The molecule has 35 heavy (non-hydrogen) atoms. The van der Waals surface area contributed by atoms with Gasteiger partial charge >= 0.3 is 0 Å². The summed E-state index contributed by atoms with van der Waals surface area (Å²) in [7, 11) is 4.84. The van der Waals surface area contributed by atoms with Gasteiger partial charge in [0.15, 0.2) is 12.4 Å². The van der Waals surface area contributed by atoms with Crippen molar-refractivity contribution in [3.05, 3.63) is 59.0 Å². The molecular weight excluding hydrogens is 471 g/mol. The highest BCUT2D eigenvalue weighted by Crippen LogP contribution is 2.42. The van der Waals surface area contributed by atoms with Gasteiger partial charge in [-0.05, 0) is 41.4 Å². The number of hydrogen-bond acceptors (Lipinski definition) is 7. The van der Waals surface area contributed by atoms with Crippen LogP contribution in [0.1, 0.15) is 16.8 Å². The van der Waals surface area contributed by atoms with Crippen molar-refractivity contribution in [2.45, 2.75) is 17.9 Å². The number of amides is 1. The van der Waals surface area contributed by atoms with Crippen LogP contribution in [0.2, 0.25) is 0 Å². The lowest BCUT2D eigenvalue weighted by Gasteiger charge is -2.22. The number of ether oxygens (including phenoxy) is 2. The van der Waals surface area contributed by atoms with Crippen molar-refractivity contribution < 1.29 is 23.2 Å². The SMILES string of the molecule is COc1cc(F)ccc1-c1nc2c(c(N3CCc4ccc(OCC(=O)N(C)C)cc43)n1)C[S+]([O-])C2. The molecule has 1 atom stereocenters. The van der Waals surface area contributed by atoms with Gasteiger partial charge in [-0.3, -0.25) is 4.79 Å². The molecule has 0 aliphatic carbocycles. The van der Waals surface area contributed by atoms with Crippen molar-refractivity contribution in [3.8, 4) is 22.9 Å². The number of fused-ring (bicyclic) bond motifs is 2. The van der Waals surface area contributed by atoms with Crippen LogP contribution >= 0.6 is 0 Å². The van der Waals surface area contributed by atoms with E-state index in [0.29, 0.717) is 46.8 Å². The molecule has 0 fully saturated rings. The van der Waals surface area contributed by atoms with Gasteiger partial charge in [-0.25, -0.2) is 14.4 Å². The molecule has 1 unspecified atom stereocenters. The molecular formula is C25H25FN4O4S. The van der Waals surface area contributed by atoms with E-state index in [1.54, 1.807) is 20.2 Å².